The molecule has 3 unspecified atom stereocenters. The van der Waals surface area contributed by atoms with Gasteiger partial charge in [-0.1, -0.05) is 13.8 Å². The number of hydrogen-bond acceptors (Lipinski definition) is 5. The normalized spacial score (nSPS) is 32.3. The molecule has 2 saturated heterocycles. The van der Waals surface area contributed by atoms with Crippen molar-refractivity contribution in [1.29, 1.82) is 0 Å². The summed E-state index contributed by atoms with van der Waals surface area (Å²) in [5.74, 6) is 1.32. The molecule has 124 valence electrons. The van der Waals surface area contributed by atoms with Crippen molar-refractivity contribution in [1.82, 2.24) is 10.2 Å². The van der Waals surface area contributed by atoms with Crippen LogP contribution in [-0.4, -0.2) is 69.8 Å². The molecule has 0 radical (unpaired) electrons. The molecule has 3 atom stereocenters. The topological polar surface area (TPSA) is 58.6 Å². The van der Waals surface area contributed by atoms with Crippen molar-refractivity contribution in [2.75, 3.05) is 38.2 Å². The quantitative estimate of drug-likeness (QED) is 0.756. The van der Waals surface area contributed by atoms with Gasteiger partial charge in [0.1, 0.15) is 0 Å². The van der Waals surface area contributed by atoms with Crippen LogP contribution in [0, 0.1) is 5.92 Å². The van der Waals surface area contributed by atoms with E-state index in [0.29, 0.717) is 23.5 Å². The summed E-state index contributed by atoms with van der Waals surface area (Å²) in [6.45, 7) is 7.22. The Hall–Kier alpha value is -0.170. The van der Waals surface area contributed by atoms with Crippen LogP contribution in [0.25, 0.3) is 0 Å². The molecule has 2 aliphatic heterocycles. The molecule has 2 rings (SSSR count). The van der Waals surface area contributed by atoms with Crippen molar-refractivity contribution < 1.29 is 13.2 Å². The van der Waals surface area contributed by atoms with Crippen LogP contribution in [0.2, 0.25) is 0 Å². The second kappa shape index (κ2) is 7.40. The van der Waals surface area contributed by atoms with E-state index in [9.17, 15) is 8.42 Å². The first-order valence-electron chi connectivity index (χ1n) is 8.12. The molecule has 0 saturated carbocycles. The molecule has 0 amide bonds. The Balaban J connectivity index is 1.68. The van der Waals surface area contributed by atoms with Crippen molar-refractivity contribution in [2.24, 2.45) is 5.92 Å². The van der Waals surface area contributed by atoms with E-state index in [1.54, 1.807) is 0 Å². The van der Waals surface area contributed by atoms with E-state index >= 15 is 0 Å². The highest BCUT2D eigenvalue weighted by atomic mass is 32.2. The molecule has 2 heterocycles. The zero-order valence-electron chi connectivity index (χ0n) is 13.5. The molecular weight excluding hydrogens is 288 g/mol. The molecule has 1 N–H and O–H groups in total. The third-order valence-corrected chi connectivity index (χ3v) is 6.19. The highest BCUT2D eigenvalue weighted by molar-refractivity contribution is 7.91. The number of nitrogens with zero attached hydrogens (tertiary/aromatic N) is 1. The van der Waals surface area contributed by atoms with Gasteiger partial charge in [0.15, 0.2) is 9.84 Å². The van der Waals surface area contributed by atoms with Gasteiger partial charge < -0.3 is 10.1 Å². The van der Waals surface area contributed by atoms with Gasteiger partial charge in [0, 0.05) is 19.1 Å². The van der Waals surface area contributed by atoms with Crippen molar-refractivity contribution in [2.45, 2.75) is 51.4 Å². The molecule has 0 aromatic rings. The average Bonchev–Trinajstić information content (AvgIpc) is 2.95. The first-order valence-corrected chi connectivity index (χ1v) is 9.94. The monoisotopic (exact) mass is 318 g/mol. The van der Waals surface area contributed by atoms with Crippen molar-refractivity contribution in [3.8, 4) is 0 Å². The van der Waals surface area contributed by atoms with Crippen LogP contribution >= 0.6 is 0 Å². The van der Waals surface area contributed by atoms with Crippen LogP contribution in [-0.2, 0) is 14.6 Å². The standard InChI is InChI=1S/C15H30N2O3S/c1-12(2)8-16-9-14-4-5-15(20-14)10-17(3)13-6-7-21(18,19)11-13/h12-16H,4-11H2,1-3H3. The Morgan fingerprint density at radius 3 is 2.57 bits per heavy atom. The molecule has 21 heavy (non-hydrogen) atoms. The summed E-state index contributed by atoms with van der Waals surface area (Å²) in [5.41, 5.74) is 0. The summed E-state index contributed by atoms with van der Waals surface area (Å²) in [5, 5.41) is 3.45. The minimum atomic E-state index is -2.80. The summed E-state index contributed by atoms with van der Waals surface area (Å²) in [7, 11) is -0.771. The van der Waals surface area contributed by atoms with Gasteiger partial charge in [-0.3, -0.25) is 4.90 Å². The molecule has 0 aromatic heterocycles. The van der Waals surface area contributed by atoms with Gasteiger partial charge in [-0.15, -0.1) is 0 Å². The lowest BCUT2D eigenvalue weighted by atomic mass is 10.1. The lowest BCUT2D eigenvalue weighted by molar-refractivity contribution is 0.0222. The summed E-state index contributed by atoms with van der Waals surface area (Å²) in [6.07, 6.45) is 3.52. The summed E-state index contributed by atoms with van der Waals surface area (Å²) in [4.78, 5) is 2.18. The second-order valence-electron chi connectivity index (χ2n) is 7.01. The number of rotatable bonds is 7. The lowest BCUT2D eigenvalue weighted by Gasteiger charge is -2.26. The van der Waals surface area contributed by atoms with Gasteiger partial charge in [-0.05, 0) is 38.8 Å². The zero-order valence-corrected chi connectivity index (χ0v) is 14.4. The van der Waals surface area contributed by atoms with E-state index in [1.165, 1.54) is 0 Å². The fraction of sp³-hybridized carbons (Fsp3) is 1.00. The third-order valence-electron chi connectivity index (χ3n) is 4.44. The Labute approximate surface area is 129 Å². The smallest absolute Gasteiger partial charge is 0.151 e. The van der Waals surface area contributed by atoms with Gasteiger partial charge in [0.25, 0.3) is 0 Å². The summed E-state index contributed by atoms with van der Waals surface area (Å²) in [6, 6.07) is 0.178. The van der Waals surface area contributed by atoms with E-state index in [1.807, 2.05) is 7.05 Å². The first-order chi connectivity index (χ1) is 9.85. The largest absolute Gasteiger partial charge is 0.372 e. The number of sulfone groups is 1. The summed E-state index contributed by atoms with van der Waals surface area (Å²) >= 11 is 0. The van der Waals surface area contributed by atoms with Gasteiger partial charge in [-0.2, -0.15) is 0 Å². The maximum absolute atomic E-state index is 11.5. The molecule has 0 aromatic carbocycles. The van der Waals surface area contributed by atoms with Gasteiger partial charge in [0.05, 0.1) is 23.7 Å². The van der Waals surface area contributed by atoms with Crippen LogP contribution in [0.3, 0.4) is 0 Å². The van der Waals surface area contributed by atoms with Crippen LogP contribution in [0.15, 0.2) is 0 Å². The molecule has 0 spiro atoms. The lowest BCUT2D eigenvalue weighted by Crippen LogP contribution is -2.39. The van der Waals surface area contributed by atoms with E-state index in [4.69, 9.17) is 4.74 Å². The molecule has 2 fully saturated rings. The van der Waals surface area contributed by atoms with E-state index < -0.39 is 9.84 Å². The molecule has 0 aliphatic carbocycles. The van der Waals surface area contributed by atoms with Crippen LogP contribution < -0.4 is 5.32 Å². The van der Waals surface area contributed by atoms with Crippen molar-refractivity contribution >= 4 is 9.84 Å². The van der Waals surface area contributed by atoms with Gasteiger partial charge in [-0.25, -0.2) is 8.42 Å². The van der Waals surface area contributed by atoms with E-state index in [-0.39, 0.29) is 12.1 Å². The first kappa shape index (κ1) is 17.2. The minimum Gasteiger partial charge on any atom is -0.372 e. The Kier molecular flexibility index (Phi) is 6.05. The summed E-state index contributed by atoms with van der Waals surface area (Å²) < 4.78 is 29.2. The van der Waals surface area contributed by atoms with Crippen molar-refractivity contribution in [3.05, 3.63) is 0 Å². The fourth-order valence-electron chi connectivity index (χ4n) is 3.19. The van der Waals surface area contributed by atoms with Crippen LogP contribution in [0.4, 0.5) is 0 Å². The molecule has 5 nitrogen and oxygen atoms in total. The van der Waals surface area contributed by atoms with Crippen LogP contribution in [0.1, 0.15) is 33.1 Å². The maximum atomic E-state index is 11.5. The highest BCUT2D eigenvalue weighted by Crippen LogP contribution is 2.23. The predicted molar refractivity (Wildman–Crippen MR) is 85.3 cm³/mol. The van der Waals surface area contributed by atoms with Crippen molar-refractivity contribution in [3.63, 3.8) is 0 Å². The number of nitrogens with one attached hydrogen (secondary N) is 1. The van der Waals surface area contributed by atoms with Crippen LogP contribution in [0.5, 0.6) is 0 Å². The fourth-order valence-corrected chi connectivity index (χ4v) is 5.00. The number of hydrogen-bond donors (Lipinski definition) is 1. The number of ether oxygens (including phenoxy) is 1. The molecular formula is C15H30N2O3S. The molecule has 2 aliphatic rings. The van der Waals surface area contributed by atoms with E-state index in [0.717, 1.165) is 38.9 Å². The average molecular weight is 318 g/mol. The Morgan fingerprint density at radius 1 is 1.24 bits per heavy atom. The highest BCUT2D eigenvalue weighted by Gasteiger charge is 2.33. The predicted octanol–water partition coefficient (Wildman–Crippen LogP) is 0.899. The number of likely N-dealkylation sites (N-methyl/N-ethyl adjacent to an activating group) is 1. The third kappa shape index (κ3) is 5.51. The Morgan fingerprint density at radius 2 is 1.95 bits per heavy atom. The second-order valence-corrected chi connectivity index (χ2v) is 9.23. The van der Waals surface area contributed by atoms with Gasteiger partial charge in [0.2, 0.25) is 0 Å². The van der Waals surface area contributed by atoms with E-state index in [2.05, 4.69) is 24.1 Å². The molecule has 0 bridgehead atoms. The maximum Gasteiger partial charge on any atom is 0.151 e. The minimum absolute atomic E-state index is 0.178. The van der Waals surface area contributed by atoms with Gasteiger partial charge >= 0.3 is 0 Å². The Bertz CT molecular complexity index is 425. The SMILES string of the molecule is CC(C)CNCC1CCC(CN(C)C2CCS(=O)(=O)C2)O1. The molecule has 6 heteroatoms. The zero-order chi connectivity index (χ0) is 15.5.